The molecule has 1 aromatic heterocycles. The Morgan fingerprint density at radius 1 is 1.53 bits per heavy atom. The Hall–Kier alpha value is -2.18. The van der Waals surface area contributed by atoms with Crippen molar-refractivity contribution < 1.29 is 14.3 Å². The lowest BCUT2D eigenvalue weighted by molar-refractivity contribution is -0.147. The molecule has 1 atom stereocenters. The van der Waals surface area contributed by atoms with Crippen molar-refractivity contribution in [2.45, 2.75) is 25.8 Å². The largest absolute Gasteiger partial charge is 0.464 e. The van der Waals surface area contributed by atoms with Crippen molar-refractivity contribution in [3.63, 3.8) is 0 Å². The molecule has 1 N–H and O–H groups in total. The maximum atomic E-state index is 12.2. The van der Waals surface area contributed by atoms with Crippen molar-refractivity contribution in [2.75, 3.05) is 13.2 Å². The van der Waals surface area contributed by atoms with Crippen molar-refractivity contribution >= 4 is 11.9 Å². The van der Waals surface area contributed by atoms with E-state index in [4.69, 9.17) is 4.74 Å². The Balaban J connectivity index is 2.15. The van der Waals surface area contributed by atoms with E-state index < -0.39 is 12.0 Å². The van der Waals surface area contributed by atoms with E-state index in [1.54, 1.807) is 6.92 Å². The molecule has 2 heterocycles. The number of ether oxygens (including phenoxy) is 1. The van der Waals surface area contributed by atoms with Crippen LogP contribution in [0.4, 0.5) is 0 Å². The highest BCUT2D eigenvalue weighted by atomic mass is 16.5. The zero-order valence-corrected chi connectivity index (χ0v) is 10.6. The smallest absolute Gasteiger partial charge is 0.328 e. The molecule has 0 aliphatic carbocycles. The first-order valence-corrected chi connectivity index (χ1v) is 6.17. The zero-order chi connectivity index (χ0) is 13.8. The van der Waals surface area contributed by atoms with Crippen LogP contribution in [0.15, 0.2) is 16.9 Å². The Morgan fingerprint density at radius 3 is 2.95 bits per heavy atom. The molecule has 1 aliphatic rings. The van der Waals surface area contributed by atoms with E-state index >= 15 is 0 Å². The normalized spacial score (nSPS) is 18.4. The van der Waals surface area contributed by atoms with Gasteiger partial charge in [-0.2, -0.15) is 5.10 Å². The minimum atomic E-state index is -0.554. The zero-order valence-electron chi connectivity index (χ0n) is 10.6. The quantitative estimate of drug-likeness (QED) is 0.773. The average molecular weight is 265 g/mol. The Bertz CT molecular complexity index is 520. The first-order chi connectivity index (χ1) is 9.13. The van der Waals surface area contributed by atoms with Gasteiger partial charge in [-0.15, -0.1) is 0 Å². The molecule has 0 aromatic carbocycles. The molecule has 0 bridgehead atoms. The fraction of sp³-hybridized carbons (Fsp3) is 0.500. The third-order valence-electron chi connectivity index (χ3n) is 2.97. The summed E-state index contributed by atoms with van der Waals surface area (Å²) in [4.78, 5) is 36.3. The summed E-state index contributed by atoms with van der Waals surface area (Å²) in [6.07, 6.45) is 1.34. The summed E-state index contributed by atoms with van der Waals surface area (Å²) in [6.45, 7) is 2.50. The highest BCUT2D eigenvalue weighted by Gasteiger charge is 2.36. The van der Waals surface area contributed by atoms with E-state index in [1.165, 1.54) is 17.0 Å². The summed E-state index contributed by atoms with van der Waals surface area (Å²) in [7, 11) is 0. The molecule has 1 fully saturated rings. The number of carbonyl (C=O) groups is 2. The second kappa shape index (κ2) is 5.64. The summed E-state index contributed by atoms with van der Waals surface area (Å²) in [6, 6.07) is 2.03. The van der Waals surface area contributed by atoms with E-state index in [1.807, 2.05) is 0 Å². The summed E-state index contributed by atoms with van der Waals surface area (Å²) in [5.41, 5.74) is -0.254. The first kappa shape index (κ1) is 13.3. The highest BCUT2D eigenvalue weighted by molar-refractivity contribution is 5.95. The van der Waals surface area contributed by atoms with Crippen LogP contribution in [0, 0.1) is 0 Å². The fourth-order valence-electron chi connectivity index (χ4n) is 2.10. The standard InChI is InChI=1S/C12H15N3O4/c1-2-19-12(18)9-4-3-7-15(9)11(17)8-5-6-10(16)14-13-8/h5-6,9H,2-4,7H2,1H3,(H,14,16). The van der Waals surface area contributed by atoms with Gasteiger partial charge in [0.15, 0.2) is 0 Å². The van der Waals surface area contributed by atoms with Gasteiger partial charge < -0.3 is 9.64 Å². The van der Waals surface area contributed by atoms with Crippen LogP contribution in [0.2, 0.25) is 0 Å². The van der Waals surface area contributed by atoms with Crippen molar-refractivity contribution in [3.05, 3.63) is 28.2 Å². The van der Waals surface area contributed by atoms with Gasteiger partial charge in [-0.05, 0) is 25.8 Å². The number of carbonyl (C=O) groups excluding carboxylic acids is 2. The third-order valence-corrected chi connectivity index (χ3v) is 2.97. The van der Waals surface area contributed by atoms with Gasteiger partial charge in [0, 0.05) is 12.6 Å². The van der Waals surface area contributed by atoms with E-state index in [9.17, 15) is 14.4 Å². The summed E-state index contributed by atoms with van der Waals surface area (Å²) < 4.78 is 4.95. The molecule has 102 valence electrons. The number of aromatic nitrogens is 2. The van der Waals surface area contributed by atoms with Gasteiger partial charge in [-0.25, -0.2) is 9.89 Å². The molecule has 19 heavy (non-hydrogen) atoms. The third kappa shape index (κ3) is 2.81. The van der Waals surface area contributed by atoms with Gasteiger partial charge in [0.1, 0.15) is 11.7 Å². The molecule has 1 unspecified atom stereocenters. The van der Waals surface area contributed by atoms with Crippen molar-refractivity contribution in [1.29, 1.82) is 0 Å². The lowest BCUT2D eigenvalue weighted by atomic mass is 10.2. The van der Waals surface area contributed by atoms with E-state index in [2.05, 4.69) is 10.2 Å². The van der Waals surface area contributed by atoms with Crippen molar-refractivity contribution in [1.82, 2.24) is 15.1 Å². The Labute approximate surface area is 109 Å². The van der Waals surface area contributed by atoms with Crippen LogP contribution in [0.1, 0.15) is 30.3 Å². The number of likely N-dealkylation sites (tertiary alicyclic amines) is 1. The molecule has 7 nitrogen and oxygen atoms in total. The van der Waals surface area contributed by atoms with Crippen LogP contribution < -0.4 is 5.56 Å². The molecule has 0 radical (unpaired) electrons. The van der Waals surface area contributed by atoms with Gasteiger partial charge in [-0.1, -0.05) is 0 Å². The highest BCUT2D eigenvalue weighted by Crippen LogP contribution is 2.20. The molecular formula is C12H15N3O4. The number of H-pyrrole nitrogens is 1. The number of esters is 1. The van der Waals surface area contributed by atoms with Crippen LogP contribution in [0.25, 0.3) is 0 Å². The second-order valence-corrected chi connectivity index (χ2v) is 4.22. The lowest BCUT2D eigenvalue weighted by Gasteiger charge is -2.22. The molecule has 1 aliphatic heterocycles. The number of rotatable bonds is 3. The van der Waals surface area contributed by atoms with Gasteiger partial charge >= 0.3 is 5.97 Å². The van der Waals surface area contributed by atoms with Gasteiger partial charge in [-0.3, -0.25) is 9.59 Å². The van der Waals surface area contributed by atoms with E-state index in [0.717, 1.165) is 6.42 Å². The van der Waals surface area contributed by atoms with Crippen LogP contribution in [0.5, 0.6) is 0 Å². The topological polar surface area (TPSA) is 92.4 Å². The molecule has 0 saturated carbocycles. The van der Waals surface area contributed by atoms with Crippen LogP contribution in [-0.2, 0) is 9.53 Å². The van der Waals surface area contributed by atoms with Crippen molar-refractivity contribution in [3.8, 4) is 0 Å². The predicted octanol–water partition coefficient (Wildman–Crippen LogP) is -0.0624. The number of nitrogens with one attached hydrogen (secondary N) is 1. The second-order valence-electron chi connectivity index (χ2n) is 4.22. The molecule has 0 spiro atoms. The summed E-state index contributed by atoms with van der Waals surface area (Å²) in [5, 5.41) is 5.89. The minimum Gasteiger partial charge on any atom is -0.464 e. The molecule has 1 saturated heterocycles. The van der Waals surface area contributed by atoms with Crippen LogP contribution in [-0.4, -0.2) is 46.2 Å². The monoisotopic (exact) mass is 265 g/mol. The number of amides is 1. The van der Waals surface area contributed by atoms with Crippen LogP contribution in [0.3, 0.4) is 0 Å². The van der Waals surface area contributed by atoms with E-state index in [-0.39, 0.29) is 23.8 Å². The number of hydrogen-bond acceptors (Lipinski definition) is 5. The molecule has 1 amide bonds. The maximum Gasteiger partial charge on any atom is 0.328 e. The van der Waals surface area contributed by atoms with Crippen LogP contribution >= 0.6 is 0 Å². The predicted molar refractivity (Wildman–Crippen MR) is 65.5 cm³/mol. The van der Waals surface area contributed by atoms with Gasteiger partial charge in [0.05, 0.1) is 6.61 Å². The molecule has 7 heteroatoms. The molecule has 1 aromatic rings. The Morgan fingerprint density at radius 2 is 2.32 bits per heavy atom. The van der Waals surface area contributed by atoms with Crippen molar-refractivity contribution in [2.24, 2.45) is 0 Å². The SMILES string of the molecule is CCOC(=O)C1CCCN1C(=O)c1ccc(=O)[nH]n1. The maximum absolute atomic E-state index is 12.2. The first-order valence-electron chi connectivity index (χ1n) is 6.17. The average Bonchev–Trinajstić information content (AvgIpc) is 2.88. The lowest BCUT2D eigenvalue weighted by Crippen LogP contribution is -2.42. The molecular weight excluding hydrogens is 250 g/mol. The summed E-state index contributed by atoms with van der Waals surface area (Å²) >= 11 is 0. The Kier molecular flexibility index (Phi) is 3.94. The fourth-order valence-corrected chi connectivity index (χ4v) is 2.10. The van der Waals surface area contributed by atoms with E-state index in [0.29, 0.717) is 13.0 Å². The molecule has 2 rings (SSSR count). The summed E-state index contributed by atoms with van der Waals surface area (Å²) in [5.74, 6) is -0.760. The van der Waals surface area contributed by atoms with Gasteiger partial charge in [0.2, 0.25) is 0 Å². The number of aromatic amines is 1. The number of nitrogens with zero attached hydrogens (tertiary/aromatic N) is 2. The van der Waals surface area contributed by atoms with Gasteiger partial charge in [0.25, 0.3) is 11.5 Å². The number of hydrogen-bond donors (Lipinski definition) is 1. The minimum absolute atomic E-state index is 0.121.